The summed E-state index contributed by atoms with van der Waals surface area (Å²) in [5.41, 5.74) is 0.954. The summed E-state index contributed by atoms with van der Waals surface area (Å²) >= 11 is 0. The zero-order valence-electron chi connectivity index (χ0n) is 8.93. The molecule has 1 aromatic rings. The molecule has 0 heterocycles. The van der Waals surface area contributed by atoms with E-state index in [2.05, 4.69) is 10.6 Å². The Hall–Kier alpha value is -2.04. The van der Waals surface area contributed by atoms with Crippen LogP contribution in [0.1, 0.15) is 12.5 Å². The van der Waals surface area contributed by atoms with Crippen molar-refractivity contribution in [1.29, 1.82) is 0 Å². The van der Waals surface area contributed by atoms with Crippen molar-refractivity contribution in [3.8, 4) is 0 Å². The van der Waals surface area contributed by atoms with Gasteiger partial charge in [-0.2, -0.15) is 0 Å². The van der Waals surface area contributed by atoms with Crippen LogP contribution in [-0.4, -0.2) is 23.3 Å². The molecule has 0 unspecified atom stereocenters. The van der Waals surface area contributed by atoms with Gasteiger partial charge in [0.2, 0.25) is 5.91 Å². The monoisotopic (exact) mass is 222 g/mol. The summed E-state index contributed by atoms with van der Waals surface area (Å²) in [4.78, 5) is 21.4. The number of benzene rings is 1. The fourth-order valence-corrected chi connectivity index (χ4v) is 1.38. The summed E-state index contributed by atoms with van der Waals surface area (Å²) in [6.45, 7) is 1.35. The van der Waals surface area contributed by atoms with Crippen LogP contribution in [0.4, 0.5) is 4.79 Å². The lowest BCUT2D eigenvalue weighted by atomic mass is 10.1. The molecule has 1 aromatic carbocycles. The van der Waals surface area contributed by atoms with E-state index in [1.807, 2.05) is 30.3 Å². The Labute approximate surface area is 93.5 Å². The highest BCUT2D eigenvalue weighted by atomic mass is 16.4. The van der Waals surface area contributed by atoms with Crippen LogP contribution >= 0.6 is 0 Å². The standard InChI is InChI=1S/C11H14N2O3/c1-8(14)12-10(13-11(15)16)7-9-5-3-2-4-6-9/h2-6,10,13H,7H2,1H3,(H,12,14)(H,15,16)/t10-/m1/s1. The van der Waals surface area contributed by atoms with E-state index in [0.29, 0.717) is 6.42 Å². The molecule has 86 valence electrons. The predicted molar refractivity (Wildman–Crippen MR) is 58.9 cm³/mol. The van der Waals surface area contributed by atoms with Gasteiger partial charge in [-0.25, -0.2) is 4.79 Å². The van der Waals surface area contributed by atoms with Gasteiger partial charge >= 0.3 is 6.09 Å². The second-order valence-corrected chi connectivity index (χ2v) is 3.39. The van der Waals surface area contributed by atoms with Crippen LogP contribution in [0.3, 0.4) is 0 Å². The van der Waals surface area contributed by atoms with Crippen molar-refractivity contribution in [2.24, 2.45) is 0 Å². The molecule has 0 fully saturated rings. The fraction of sp³-hybridized carbons (Fsp3) is 0.273. The molecular formula is C11H14N2O3. The maximum absolute atomic E-state index is 10.9. The third kappa shape index (κ3) is 4.45. The number of carbonyl (C=O) groups is 2. The van der Waals surface area contributed by atoms with Crippen LogP contribution < -0.4 is 10.6 Å². The summed E-state index contributed by atoms with van der Waals surface area (Å²) in [7, 11) is 0. The smallest absolute Gasteiger partial charge is 0.406 e. The molecule has 0 spiro atoms. The van der Waals surface area contributed by atoms with Gasteiger partial charge in [0.1, 0.15) is 6.17 Å². The van der Waals surface area contributed by atoms with E-state index in [1.54, 1.807) is 0 Å². The van der Waals surface area contributed by atoms with Gasteiger partial charge in [-0.1, -0.05) is 30.3 Å². The molecule has 3 N–H and O–H groups in total. The van der Waals surface area contributed by atoms with E-state index in [-0.39, 0.29) is 5.91 Å². The van der Waals surface area contributed by atoms with Gasteiger partial charge in [-0.3, -0.25) is 4.79 Å². The molecule has 0 bridgehead atoms. The molecule has 5 nitrogen and oxygen atoms in total. The van der Waals surface area contributed by atoms with E-state index in [1.165, 1.54) is 6.92 Å². The third-order valence-electron chi connectivity index (χ3n) is 1.96. The van der Waals surface area contributed by atoms with Crippen molar-refractivity contribution >= 4 is 12.0 Å². The Kier molecular flexibility index (Phi) is 4.32. The van der Waals surface area contributed by atoms with Gasteiger partial charge in [0.25, 0.3) is 0 Å². The van der Waals surface area contributed by atoms with Crippen LogP contribution in [0.2, 0.25) is 0 Å². The number of amides is 2. The molecule has 0 saturated heterocycles. The van der Waals surface area contributed by atoms with E-state index in [4.69, 9.17) is 5.11 Å². The molecule has 0 saturated carbocycles. The van der Waals surface area contributed by atoms with Crippen molar-refractivity contribution in [3.63, 3.8) is 0 Å². The molecule has 0 radical (unpaired) electrons. The first-order chi connectivity index (χ1) is 7.58. The highest BCUT2D eigenvalue weighted by Crippen LogP contribution is 2.01. The molecular weight excluding hydrogens is 208 g/mol. The van der Waals surface area contributed by atoms with Crippen molar-refractivity contribution in [3.05, 3.63) is 35.9 Å². The molecule has 0 aliphatic heterocycles. The van der Waals surface area contributed by atoms with Crippen LogP contribution in [-0.2, 0) is 11.2 Å². The Morgan fingerprint density at radius 2 is 1.88 bits per heavy atom. The number of carboxylic acid groups (broad SMARTS) is 1. The first-order valence-electron chi connectivity index (χ1n) is 4.88. The van der Waals surface area contributed by atoms with Crippen LogP contribution in [0, 0.1) is 0 Å². The molecule has 0 aliphatic rings. The molecule has 5 heteroatoms. The lowest BCUT2D eigenvalue weighted by molar-refractivity contribution is -0.119. The molecule has 0 aromatic heterocycles. The van der Waals surface area contributed by atoms with Gasteiger partial charge in [0.05, 0.1) is 0 Å². The Morgan fingerprint density at radius 1 is 1.25 bits per heavy atom. The first-order valence-corrected chi connectivity index (χ1v) is 4.88. The number of hydrogen-bond donors (Lipinski definition) is 3. The fourth-order valence-electron chi connectivity index (χ4n) is 1.38. The maximum Gasteiger partial charge on any atom is 0.406 e. The summed E-state index contributed by atoms with van der Waals surface area (Å²) in [6.07, 6.45) is -1.33. The molecule has 16 heavy (non-hydrogen) atoms. The molecule has 1 rings (SSSR count). The normalized spacial score (nSPS) is 11.6. The Balaban J connectivity index is 2.63. The van der Waals surface area contributed by atoms with Crippen molar-refractivity contribution in [1.82, 2.24) is 10.6 Å². The van der Waals surface area contributed by atoms with E-state index in [0.717, 1.165) is 5.56 Å². The lowest BCUT2D eigenvalue weighted by Gasteiger charge is -2.17. The average Bonchev–Trinajstić information content (AvgIpc) is 2.16. The SMILES string of the molecule is CC(=O)N[C@@H](Cc1ccccc1)NC(=O)O. The second-order valence-electron chi connectivity index (χ2n) is 3.39. The van der Waals surface area contributed by atoms with Crippen molar-refractivity contribution < 1.29 is 14.7 Å². The van der Waals surface area contributed by atoms with Gasteiger partial charge in [-0.05, 0) is 5.56 Å². The maximum atomic E-state index is 10.9. The largest absolute Gasteiger partial charge is 0.465 e. The first kappa shape index (κ1) is 12.0. The van der Waals surface area contributed by atoms with E-state index in [9.17, 15) is 9.59 Å². The van der Waals surface area contributed by atoms with Gasteiger partial charge < -0.3 is 15.7 Å². The third-order valence-corrected chi connectivity index (χ3v) is 1.96. The van der Waals surface area contributed by atoms with Crippen LogP contribution in [0.15, 0.2) is 30.3 Å². The minimum Gasteiger partial charge on any atom is -0.465 e. The van der Waals surface area contributed by atoms with E-state index < -0.39 is 12.3 Å². The number of rotatable bonds is 4. The summed E-state index contributed by atoms with van der Waals surface area (Å²) in [6, 6.07) is 9.35. The minimum atomic E-state index is -1.16. The number of carbonyl (C=O) groups excluding carboxylic acids is 1. The van der Waals surface area contributed by atoms with E-state index >= 15 is 0 Å². The molecule has 1 atom stereocenters. The van der Waals surface area contributed by atoms with Crippen LogP contribution in [0.5, 0.6) is 0 Å². The van der Waals surface area contributed by atoms with Crippen molar-refractivity contribution in [2.75, 3.05) is 0 Å². The topological polar surface area (TPSA) is 78.4 Å². The molecule has 2 amide bonds. The number of nitrogens with one attached hydrogen (secondary N) is 2. The van der Waals surface area contributed by atoms with Gasteiger partial charge in [0, 0.05) is 13.3 Å². The number of hydrogen-bond acceptors (Lipinski definition) is 2. The van der Waals surface area contributed by atoms with Gasteiger partial charge in [0.15, 0.2) is 0 Å². The summed E-state index contributed by atoms with van der Waals surface area (Å²) in [5, 5.41) is 13.4. The zero-order valence-corrected chi connectivity index (χ0v) is 8.93. The predicted octanol–water partition coefficient (Wildman–Crippen LogP) is 0.959. The second kappa shape index (κ2) is 5.75. The summed E-state index contributed by atoms with van der Waals surface area (Å²) in [5.74, 6) is -0.269. The summed E-state index contributed by atoms with van der Waals surface area (Å²) < 4.78 is 0. The van der Waals surface area contributed by atoms with Crippen LogP contribution in [0.25, 0.3) is 0 Å². The highest BCUT2D eigenvalue weighted by Gasteiger charge is 2.12. The zero-order chi connectivity index (χ0) is 12.0. The quantitative estimate of drug-likeness (QED) is 0.664. The molecule has 0 aliphatic carbocycles. The Bertz CT molecular complexity index is 349. The van der Waals surface area contributed by atoms with Gasteiger partial charge in [-0.15, -0.1) is 0 Å². The minimum absolute atomic E-state index is 0.269. The average molecular weight is 222 g/mol. The highest BCUT2D eigenvalue weighted by molar-refractivity contribution is 5.74. The Morgan fingerprint density at radius 3 is 2.38 bits per heavy atom. The lowest BCUT2D eigenvalue weighted by Crippen LogP contribution is -2.48. The van der Waals surface area contributed by atoms with Crippen molar-refractivity contribution in [2.45, 2.75) is 19.5 Å².